The molecule has 8 heteroatoms. The van der Waals surface area contributed by atoms with E-state index in [1.165, 1.54) is 10.7 Å². The second-order valence-electron chi connectivity index (χ2n) is 5.68. The van der Waals surface area contributed by atoms with E-state index in [4.69, 9.17) is 4.74 Å². The van der Waals surface area contributed by atoms with Gasteiger partial charge in [-0.3, -0.25) is 4.79 Å². The van der Waals surface area contributed by atoms with E-state index in [0.717, 1.165) is 0 Å². The molecule has 27 heavy (non-hydrogen) atoms. The van der Waals surface area contributed by atoms with E-state index in [2.05, 4.69) is 20.4 Å². The Morgan fingerprint density at radius 2 is 2.04 bits per heavy atom. The fourth-order valence-electron chi connectivity index (χ4n) is 2.72. The molecule has 1 amide bonds. The average Bonchev–Trinajstić information content (AvgIpc) is 3.14. The number of ether oxygens (including phenoxy) is 1. The highest BCUT2D eigenvalue weighted by molar-refractivity contribution is 6.07. The molecule has 0 unspecified atom stereocenters. The van der Waals surface area contributed by atoms with Crippen LogP contribution in [0.4, 0.5) is 5.82 Å². The lowest BCUT2D eigenvalue weighted by atomic mass is 10.1. The van der Waals surface area contributed by atoms with Crippen molar-refractivity contribution in [3.8, 4) is 22.8 Å². The number of anilines is 1. The zero-order valence-electron chi connectivity index (χ0n) is 14.3. The summed E-state index contributed by atoms with van der Waals surface area (Å²) < 4.78 is 6.73. The maximum absolute atomic E-state index is 12.6. The van der Waals surface area contributed by atoms with E-state index >= 15 is 0 Å². The normalized spacial score (nSPS) is 10.7. The lowest BCUT2D eigenvalue weighted by Crippen LogP contribution is -2.13. The lowest BCUT2D eigenvalue weighted by Gasteiger charge is -2.09. The Hall–Kier alpha value is -3.94. The van der Waals surface area contributed by atoms with Gasteiger partial charge in [-0.1, -0.05) is 6.07 Å². The highest BCUT2D eigenvalue weighted by Gasteiger charge is 2.18. The zero-order chi connectivity index (χ0) is 18.8. The molecule has 0 saturated carbocycles. The maximum atomic E-state index is 12.6. The molecule has 0 aliphatic rings. The SMILES string of the molecule is COc1ccc(O)c(-c2ccnc3c(C(=O)Nc4ccccn4)cnn23)c1. The predicted octanol–water partition coefficient (Wildman–Crippen LogP) is 2.76. The van der Waals surface area contributed by atoms with Crippen molar-refractivity contribution in [3.05, 3.63) is 66.6 Å². The summed E-state index contributed by atoms with van der Waals surface area (Å²) in [5, 5.41) is 17.2. The van der Waals surface area contributed by atoms with Gasteiger partial charge in [-0.05, 0) is 36.4 Å². The lowest BCUT2D eigenvalue weighted by molar-refractivity contribution is 0.102. The van der Waals surface area contributed by atoms with Gasteiger partial charge < -0.3 is 15.2 Å². The van der Waals surface area contributed by atoms with Gasteiger partial charge in [-0.25, -0.2) is 14.5 Å². The molecule has 0 radical (unpaired) electrons. The Balaban J connectivity index is 1.77. The van der Waals surface area contributed by atoms with Gasteiger partial charge in [0.1, 0.15) is 22.9 Å². The number of aromatic hydroxyl groups is 1. The first-order valence-electron chi connectivity index (χ1n) is 8.10. The molecule has 0 aliphatic heterocycles. The van der Waals surface area contributed by atoms with Crippen molar-refractivity contribution in [1.29, 1.82) is 0 Å². The number of rotatable bonds is 4. The zero-order valence-corrected chi connectivity index (χ0v) is 14.3. The van der Waals surface area contributed by atoms with Gasteiger partial charge in [0.2, 0.25) is 0 Å². The standard InChI is InChI=1S/C19H15N5O3/c1-27-12-5-6-16(25)13(10-12)15-7-9-21-18-14(11-22-24(15)18)19(26)23-17-4-2-3-8-20-17/h2-11,25H,1H3,(H,20,23,26). The molecule has 1 aromatic carbocycles. The smallest absolute Gasteiger partial charge is 0.262 e. The third-order valence-electron chi connectivity index (χ3n) is 4.03. The molecular formula is C19H15N5O3. The summed E-state index contributed by atoms with van der Waals surface area (Å²) in [5.41, 5.74) is 1.75. The van der Waals surface area contributed by atoms with Crippen LogP contribution in [0.3, 0.4) is 0 Å². The van der Waals surface area contributed by atoms with Crippen LogP contribution in [0.1, 0.15) is 10.4 Å². The minimum absolute atomic E-state index is 0.0679. The summed E-state index contributed by atoms with van der Waals surface area (Å²) in [4.78, 5) is 20.9. The van der Waals surface area contributed by atoms with Gasteiger partial charge in [0.25, 0.3) is 5.91 Å². The highest BCUT2D eigenvalue weighted by atomic mass is 16.5. The number of nitrogens with one attached hydrogen (secondary N) is 1. The molecule has 3 aromatic heterocycles. The van der Waals surface area contributed by atoms with E-state index in [1.54, 1.807) is 62.0 Å². The van der Waals surface area contributed by atoms with Gasteiger partial charge in [0.05, 0.1) is 19.0 Å². The number of hydrogen-bond donors (Lipinski definition) is 2. The first kappa shape index (κ1) is 16.5. The summed E-state index contributed by atoms with van der Waals surface area (Å²) in [6.45, 7) is 0. The maximum Gasteiger partial charge on any atom is 0.262 e. The fraction of sp³-hybridized carbons (Fsp3) is 0.0526. The van der Waals surface area contributed by atoms with Crippen LogP contribution in [-0.4, -0.2) is 37.7 Å². The third-order valence-corrected chi connectivity index (χ3v) is 4.03. The number of nitrogens with zero attached hydrogens (tertiary/aromatic N) is 4. The molecule has 0 fully saturated rings. The summed E-state index contributed by atoms with van der Waals surface area (Å²) in [5.74, 6) is 0.720. The van der Waals surface area contributed by atoms with Gasteiger partial charge in [0.15, 0.2) is 5.65 Å². The number of aromatic nitrogens is 4. The number of benzene rings is 1. The second-order valence-corrected chi connectivity index (χ2v) is 5.68. The molecule has 0 spiro atoms. The number of fused-ring (bicyclic) bond motifs is 1. The Labute approximate surface area is 154 Å². The number of carbonyl (C=O) groups is 1. The average molecular weight is 361 g/mol. The summed E-state index contributed by atoms with van der Waals surface area (Å²) >= 11 is 0. The number of pyridine rings is 1. The van der Waals surface area contributed by atoms with Crippen molar-refractivity contribution in [1.82, 2.24) is 19.6 Å². The van der Waals surface area contributed by atoms with Crippen LogP contribution < -0.4 is 10.1 Å². The molecule has 0 bridgehead atoms. The van der Waals surface area contributed by atoms with E-state index < -0.39 is 0 Å². The monoisotopic (exact) mass is 361 g/mol. The molecule has 8 nitrogen and oxygen atoms in total. The number of phenols is 1. The van der Waals surface area contributed by atoms with Crippen molar-refractivity contribution >= 4 is 17.4 Å². The summed E-state index contributed by atoms with van der Waals surface area (Å²) in [6, 6.07) is 11.8. The Morgan fingerprint density at radius 1 is 1.15 bits per heavy atom. The van der Waals surface area contributed by atoms with E-state index in [0.29, 0.717) is 34.0 Å². The Kier molecular flexibility index (Phi) is 4.13. The quantitative estimate of drug-likeness (QED) is 0.579. The van der Waals surface area contributed by atoms with Crippen LogP contribution in [-0.2, 0) is 0 Å². The number of phenolic OH excluding ortho intramolecular Hbond substituents is 1. The Morgan fingerprint density at radius 3 is 2.81 bits per heavy atom. The molecule has 4 aromatic rings. The van der Waals surface area contributed by atoms with Crippen molar-refractivity contribution < 1.29 is 14.6 Å². The highest BCUT2D eigenvalue weighted by Crippen LogP contribution is 2.32. The summed E-state index contributed by atoms with van der Waals surface area (Å²) in [6.07, 6.45) is 4.58. The van der Waals surface area contributed by atoms with Crippen LogP contribution in [0.5, 0.6) is 11.5 Å². The molecule has 3 heterocycles. The molecule has 0 atom stereocenters. The fourth-order valence-corrected chi connectivity index (χ4v) is 2.72. The minimum Gasteiger partial charge on any atom is -0.507 e. The number of methoxy groups -OCH3 is 1. The van der Waals surface area contributed by atoms with Crippen LogP contribution in [0.2, 0.25) is 0 Å². The summed E-state index contributed by atoms with van der Waals surface area (Å²) in [7, 11) is 1.55. The molecule has 0 aliphatic carbocycles. The molecule has 0 saturated heterocycles. The van der Waals surface area contributed by atoms with Gasteiger partial charge in [-0.2, -0.15) is 5.10 Å². The van der Waals surface area contributed by atoms with Crippen LogP contribution in [0.25, 0.3) is 16.9 Å². The first-order chi connectivity index (χ1) is 13.2. The van der Waals surface area contributed by atoms with Crippen LogP contribution in [0, 0.1) is 0 Å². The number of amides is 1. The van der Waals surface area contributed by atoms with E-state index in [-0.39, 0.29) is 11.7 Å². The number of carbonyl (C=O) groups excluding carboxylic acids is 1. The largest absolute Gasteiger partial charge is 0.507 e. The Bertz CT molecular complexity index is 1120. The first-order valence-corrected chi connectivity index (χ1v) is 8.10. The predicted molar refractivity (Wildman–Crippen MR) is 98.8 cm³/mol. The topological polar surface area (TPSA) is 102 Å². The molecule has 134 valence electrons. The third kappa shape index (κ3) is 3.04. The molecular weight excluding hydrogens is 346 g/mol. The van der Waals surface area contributed by atoms with Gasteiger partial charge in [0, 0.05) is 18.0 Å². The van der Waals surface area contributed by atoms with Gasteiger partial charge in [-0.15, -0.1) is 0 Å². The van der Waals surface area contributed by atoms with Crippen molar-refractivity contribution in [2.75, 3.05) is 12.4 Å². The van der Waals surface area contributed by atoms with Crippen molar-refractivity contribution in [2.24, 2.45) is 0 Å². The van der Waals surface area contributed by atoms with Crippen LogP contribution in [0.15, 0.2) is 61.1 Å². The van der Waals surface area contributed by atoms with Gasteiger partial charge >= 0.3 is 0 Å². The van der Waals surface area contributed by atoms with Crippen molar-refractivity contribution in [2.45, 2.75) is 0 Å². The van der Waals surface area contributed by atoms with E-state index in [9.17, 15) is 9.90 Å². The molecule has 2 N–H and O–H groups in total. The van der Waals surface area contributed by atoms with E-state index in [1.807, 2.05) is 0 Å². The van der Waals surface area contributed by atoms with Crippen molar-refractivity contribution in [3.63, 3.8) is 0 Å². The van der Waals surface area contributed by atoms with Crippen LogP contribution >= 0.6 is 0 Å². The second kappa shape index (κ2) is 6.75. The number of hydrogen-bond acceptors (Lipinski definition) is 6. The molecule has 4 rings (SSSR count). The minimum atomic E-state index is -0.372.